The fourth-order valence-electron chi connectivity index (χ4n) is 4.67. The number of aliphatic imine (C=N–C) groups is 1. The van der Waals surface area contributed by atoms with E-state index in [0.29, 0.717) is 26.2 Å². The summed E-state index contributed by atoms with van der Waals surface area (Å²) in [7, 11) is -6.27. The standard InChI is InChI=1S/C32H39IN6O9S2/c1-32(2,3)48-31(41)34-16-23(40)17-37-49(42,43)27-15-14-26(33)28(30-35-20-36-38-30)29(27)50(44,45)39(18-21-6-10-24(46-4)11-7-21)19-22-8-12-25(47-5)13-9-22/h6-15,23,37,40H,16-20H2,1-5H3,(H,34,41)/t23-/m1/s1. The van der Waals surface area contributed by atoms with Gasteiger partial charge in [-0.2, -0.15) is 9.42 Å². The number of carbonyl (C=O) groups excluding carboxylic acids is 1. The van der Waals surface area contributed by atoms with E-state index in [0.717, 1.165) is 4.31 Å². The number of carbonyl (C=O) groups is 1. The van der Waals surface area contributed by atoms with E-state index >= 15 is 0 Å². The molecule has 1 atom stereocenters. The van der Waals surface area contributed by atoms with Crippen LogP contribution in [0, 0.1) is 3.57 Å². The summed E-state index contributed by atoms with van der Waals surface area (Å²) in [4.78, 5) is 15.1. The molecule has 0 bridgehead atoms. The SMILES string of the molecule is COc1ccc(CN(Cc2ccc(OC)cc2)S(=O)(=O)c2c(S(=O)(=O)NC[C@H](O)CNC(=O)OC(C)(C)C)ccc(I)c2C2=NCN=N2)cc1. The van der Waals surface area contributed by atoms with Crippen LogP contribution in [0.15, 0.2) is 85.7 Å². The Bertz CT molecular complexity index is 1900. The number of halogens is 1. The molecule has 1 heterocycles. The van der Waals surface area contributed by atoms with Crippen LogP contribution >= 0.6 is 22.6 Å². The zero-order valence-electron chi connectivity index (χ0n) is 28.1. The van der Waals surface area contributed by atoms with Crippen LogP contribution in [0.1, 0.15) is 37.5 Å². The summed E-state index contributed by atoms with van der Waals surface area (Å²) in [6.45, 7) is 3.79. The molecule has 1 aliphatic rings. The molecule has 50 heavy (non-hydrogen) atoms. The Labute approximate surface area is 305 Å². The topological polar surface area (TPSA) is 198 Å². The third-order valence-electron chi connectivity index (χ3n) is 7.06. The number of methoxy groups -OCH3 is 2. The molecule has 3 aromatic rings. The summed E-state index contributed by atoms with van der Waals surface area (Å²) in [5, 5.41) is 20.8. The lowest BCUT2D eigenvalue weighted by atomic mass is 10.2. The van der Waals surface area contributed by atoms with Crippen molar-refractivity contribution in [1.29, 1.82) is 0 Å². The van der Waals surface area contributed by atoms with Crippen LogP contribution in [-0.4, -0.2) is 83.9 Å². The Kier molecular flexibility index (Phi) is 12.9. The molecule has 18 heteroatoms. The molecule has 0 radical (unpaired) electrons. The molecule has 4 rings (SSSR count). The van der Waals surface area contributed by atoms with Gasteiger partial charge in [-0.3, -0.25) is 0 Å². The summed E-state index contributed by atoms with van der Waals surface area (Å²) < 4.78 is 77.3. The van der Waals surface area contributed by atoms with Gasteiger partial charge < -0.3 is 24.6 Å². The predicted octanol–water partition coefficient (Wildman–Crippen LogP) is 4.03. The van der Waals surface area contributed by atoms with Gasteiger partial charge in [0.2, 0.25) is 20.0 Å². The van der Waals surface area contributed by atoms with Crippen LogP contribution in [-0.2, 0) is 37.9 Å². The molecule has 0 aliphatic carbocycles. The molecule has 3 N–H and O–H groups in total. The molecule has 0 saturated heterocycles. The number of hydrogen-bond donors (Lipinski definition) is 3. The average Bonchev–Trinajstić information content (AvgIpc) is 3.60. The van der Waals surface area contributed by atoms with Crippen molar-refractivity contribution < 1.29 is 40.9 Å². The largest absolute Gasteiger partial charge is 0.497 e. The summed E-state index contributed by atoms with van der Waals surface area (Å²) >= 11 is 1.90. The van der Waals surface area contributed by atoms with Gasteiger partial charge in [0.15, 0.2) is 12.5 Å². The van der Waals surface area contributed by atoms with E-state index in [1.165, 1.54) is 26.4 Å². The van der Waals surface area contributed by atoms with E-state index < -0.39 is 54.2 Å². The number of amidine groups is 1. The highest BCUT2D eigenvalue weighted by molar-refractivity contribution is 14.1. The van der Waals surface area contributed by atoms with Gasteiger partial charge in [0, 0.05) is 29.7 Å². The van der Waals surface area contributed by atoms with Crippen molar-refractivity contribution in [3.8, 4) is 11.5 Å². The van der Waals surface area contributed by atoms with Crippen LogP contribution < -0.4 is 19.5 Å². The van der Waals surface area contributed by atoms with Gasteiger partial charge in [0.25, 0.3) is 0 Å². The highest BCUT2D eigenvalue weighted by Gasteiger charge is 2.37. The molecule has 0 aromatic heterocycles. The van der Waals surface area contributed by atoms with Gasteiger partial charge in [0.05, 0.1) is 25.9 Å². The molecule has 3 aromatic carbocycles. The minimum atomic E-state index is -4.68. The number of amides is 1. The third-order valence-corrected chi connectivity index (χ3v) is 11.4. The molecular weight excluding hydrogens is 803 g/mol. The Morgan fingerprint density at radius 3 is 1.96 bits per heavy atom. The van der Waals surface area contributed by atoms with E-state index in [4.69, 9.17) is 14.2 Å². The lowest BCUT2D eigenvalue weighted by molar-refractivity contribution is 0.0494. The van der Waals surface area contributed by atoms with Crippen molar-refractivity contribution in [1.82, 2.24) is 14.3 Å². The Hall–Kier alpha value is -3.69. The van der Waals surface area contributed by atoms with E-state index in [2.05, 4.69) is 25.3 Å². The van der Waals surface area contributed by atoms with Crippen LogP contribution in [0.3, 0.4) is 0 Å². The Morgan fingerprint density at radius 1 is 0.920 bits per heavy atom. The summed E-state index contributed by atoms with van der Waals surface area (Å²) in [5.74, 6) is 1.11. The smallest absolute Gasteiger partial charge is 0.407 e. The third kappa shape index (κ3) is 10.2. The van der Waals surface area contributed by atoms with Gasteiger partial charge in [-0.25, -0.2) is 31.3 Å². The maximum absolute atomic E-state index is 15.0. The second-order valence-electron chi connectivity index (χ2n) is 12.0. The van der Waals surface area contributed by atoms with Crippen LogP contribution in [0.5, 0.6) is 11.5 Å². The number of sulfonamides is 2. The fraction of sp³-hybridized carbons (Fsp3) is 0.375. The summed E-state index contributed by atoms with van der Waals surface area (Å²) in [6.07, 6.45) is -2.18. The van der Waals surface area contributed by atoms with E-state index in [9.17, 15) is 26.7 Å². The molecule has 0 unspecified atom stereocenters. The quantitative estimate of drug-likeness (QED) is 0.189. The van der Waals surface area contributed by atoms with E-state index in [-0.39, 0.29) is 37.7 Å². The number of hydrogen-bond acceptors (Lipinski definition) is 12. The number of ether oxygens (including phenoxy) is 3. The van der Waals surface area contributed by atoms with Gasteiger partial charge in [-0.05, 0) is 90.9 Å². The monoisotopic (exact) mass is 842 g/mol. The van der Waals surface area contributed by atoms with Crippen molar-refractivity contribution in [2.75, 3.05) is 34.0 Å². The predicted molar refractivity (Wildman–Crippen MR) is 193 cm³/mol. The summed E-state index contributed by atoms with van der Waals surface area (Å²) in [6, 6.07) is 16.3. The normalized spacial score (nSPS) is 14.0. The lowest BCUT2D eigenvalue weighted by Gasteiger charge is -2.26. The number of aliphatic hydroxyl groups is 1. The molecule has 0 saturated carbocycles. The number of rotatable bonds is 15. The second-order valence-corrected chi connectivity index (χ2v) is 16.7. The van der Waals surface area contributed by atoms with Crippen LogP contribution in [0.4, 0.5) is 4.79 Å². The molecule has 0 spiro atoms. The van der Waals surface area contributed by atoms with Crippen molar-refractivity contribution in [2.45, 2.75) is 55.4 Å². The molecular formula is C32H39IN6O9S2. The van der Waals surface area contributed by atoms with Gasteiger partial charge in [-0.15, -0.1) is 5.11 Å². The van der Waals surface area contributed by atoms with Gasteiger partial charge in [0.1, 0.15) is 26.9 Å². The maximum atomic E-state index is 15.0. The fourth-order valence-corrected chi connectivity index (χ4v) is 9.03. The number of alkyl carbamates (subject to hydrolysis) is 1. The molecule has 15 nitrogen and oxygen atoms in total. The number of nitrogens with zero attached hydrogens (tertiary/aromatic N) is 4. The Balaban J connectivity index is 1.77. The van der Waals surface area contributed by atoms with Crippen molar-refractivity contribution in [3.05, 3.63) is 80.9 Å². The number of azo groups is 1. The van der Waals surface area contributed by atoms with Crippen LogP contribution in [0.25, 0.3) is 0 Å². The number of aliphatic hydroxyl groups excluding tert-OH is 1. The first kappa shape index (κ1) is 39.1. The summed E-state index contributed by atoms with van der Waals surface area (Å²) in [5.41, 5.74) is 0.405. The molecule has 1 amide bonds. The van der Waals surface area contributed by atoms with Crippen LogP contribution in [0.2, 0.25) is 0 Å². The lowest BCUT2D eigenvalue weighted by Crippen LogP contribution is -2.42. The minimum Gasteiger partial charge on any atom is -0.497 e. The number of nitrogens with one attached hydrogen (secondary N) is 2. The van der Waals surface area contributed by atoms with Gasteiger partial charge >= 0.3 is 6.09 Å². The average molecular weight is 843 g/mol. The molecule has 1 aliphatic heterocycles. The van der Waals surface area contributed by atoms with E-state index in [1.807, 2.05) is 22.6 Å². The number of benzene rings is 3. The van der Waals surface area contributed by atoms with Crippen molar-refractivity contribution in [3.63, 3.8) is 0 Å². The second kappa shape index (κ2) is 16.6. The highest BCUT2D eigenvalue weighted by Crippen LogP contribution is 2.34. The van der Waals surface area contributed by atoms with Crippen molar-refractivity contribution in [2.24, 2.45) is 15.2 Å². The first-order valence-corrected chi connectivity index (χ1v) is 19.2. The first-order valence-electron chi connectivity index (χ1n) is 15.2. The highest BCUT2D eigenvalue weighted by atomic mass is 127. The van der Waals surface area contributed by atoms with E-state index in [1.54, 1.807) is 69.3 Å². The molecule has 270 valence electrons. The zero-order valence-corrected chi connectivity index (χ0v) is 31.9. The Morgan fingerprint density at radius 2 is 1.48 bits per heavy atom. The first-order chi connectivity index (χ1) is 23.5. The minimum absolute atomic E-state index is 0.0312. The molecule has 0 fully saturated rings. The maximum Gasteiger partial charge on any atom is 0.407 e. The zero-order chi connectivity index (χ0) is 36.7. The van der Waals surface area contributed by atoms with Gasteiger partial charge in [-0.1, -0.05) is 24.3 Å². The van der Waals surface area contributed by atoms with Crippen molar-refractivity contribution >= 4 is 54.6 Å².